The first-order chi connectivity index (χ1) is 11.8. The predicted octanol–water partition coefficient (Wildman–Crippen LogP) is 4.09. The fourth-order valence-corrected chi connectivity index (χ4v) is 3.14. The highest BCUT2D eigenvalue weighted by Crippen LogP contribution is 2.23. The summed E-state index contributed by atoms with van der Waals surface area (Å²) in [5.74, 6) is -0.158. The molecule has 0 atom stereocenters. The molecule has 0 unspecified atom stereocenters. The van der Waals surface area contributed by atoms with Crippen molar-refractivity contribution in [2.24, 2.45) is 0 Å². The summed E-state index contributed by atoms with van der Waals surface area (Å²) < 4.78 is 13.4. The Morgan fingerprint density at radius 2 is 1.60 bits per heavy atom. The summed E-state index contributed by atoms with van der Waals surface area (Å²) in [6.45, 7) is 9.22. The number of rotatable bonds is 2. The maximum absolute atomic E-state index is 13.4. The average molecular weight is 340 g/mol. The number of halogens is 1. The fourth-order valence-electron chi connectivity index (χ4n) is 3.14. The zero-order valence-electron chi connectivity index (χ0n) is 15.1. The Kier molecular flexibility index (Phi) is 4.80. The van der Waals surface area contributed by atoms with Crippen LogP contribution < -0.4 is 4.90 Å². The summed E-state index contributed by atoms with van der Waals surface area (Å²) >= 11 is 0. The van der Waals surface area contributed by atoms with Gasteiger partial charge in [-0.05, 0) is 41.3 Å². The molecular weight excluding hydrogens is 315 g/mol. The number of amides is 1. The molecule has 4 heteroatoms. The predicted molar refractivity (Wildman–Crippen MR) is 99.7 cm³/mol. The standard InChI is InChI=1S/C21H25FN2O/c1-21(2,3)17-9-7-16(8-10-17)20(25)24-13-11-23(12-14-24)19-6-4-5-18(22)15-19/h4-10,15H,11-14H2,1-3H3. The third-order valence-electron chi connectivity index (χ3n) is 4.74. The van der Waals surface area contributed by atoms with E-state index in [4.69, 9.17) is 0 Å². The Morgan fingerprint density at radius 3 is 2.16 bits per heavy atom. The van der Waals surface area contributed by atoms with Crippen LogP contribution in [0.1, 0.15) is 36.7 Å². The van der Waals surface area contributed by atoms with Gasteiger partial charge in [0.25, 0.3) is 5.91 Å². The third kappa shape index (κ3) is 4.01. The van der Waals surface area contributed by atoms with Crippen LogP contribution in [0.4, 0.5) is 10.1 Å². The Hall–Kier alpha value is -2.36. The maximum Gasteiger partial charge on any atom is 0.253 e. The number of hydrogen-bond acceptors (Lipinski definition) is 2. The molecule has 2 aromatic rings. The molecular formula is C21H25FN2O. The number of hydrogen-bond donors (Lipinski definition) is 0. The van der Waals surface area contributed by atoms with E-state index in [1.54, 1.807) is 12.1 Å². The van der Waals surface area contributed by atoms with E-state index in [-0.39, 0.29) is 17.1 Å². The molecule has 1 heterocycles. The van der Waals surface area contributed by atoms with Crippen LogP contribution in [0, 0.1) is 5.82 Å². The molecule has 2 aromatic carbocycles. The van der Waals surface area contributed by atoms with Gasteiger partial charge in [-0.2, -0.15) is 0 Å². The topological polar surface area (TPSA) is 23.6 Å². The second-order valence-corrected chi connectivity index (χ2v) is 7.59. The third-order valence-corrected chi connectivity index (χ3v) is 4.74. The molecule has 132 valence electrons. The molecule has 0 radical (unpaired) electrons. The molecule has 1 amide bonds. The van der Waals surface area contributed by atoms with Crippen LogP contribution >= 0.6 is 0 Å². The first-order valence-corrected chi connectivity index (χ1v) is 8.75. The quantitative estimate of drug-likeness (QED) is 0.822. The van der Waals surface area contributed by atoms with Crippen molar-refractivity contribution < 1.29 is 9.18 Å². The minimum Gasteiger partial charge on any atom is -0.368 e. The van der Waals surface area contributed by atoms with Gasteiger partial charge in [0, 0.05) is 37.4 Å². The van der Waals surface area contributed by atoms with Crippen LogP contribution in [0.25, 0.3) is 0 Å². The highest BCUT2D eigenvalue weighted by atomic mass is 19.1. The Labute approximate surface area is 149 Å². The summed E-state index contributed by atoms with van der Waals surface area (Å²) in [5.41, 5.74) is 2.91. The van der Waals surface area contributed by atoms with Crippen molar-refractivity contribution in [2.45, 2.75) is 26.2 Å². The van der Waals surface area contributed by atoms with Gasteiger partial charge in [-0.25, -0.2) is 4.39 Å². The van der Waals surface area contributed by atoms with E-state index in [0.29, 0.717) is 13.1 Å². The van der Waals surface area contributed by atoms with Gasteiger partial charge < -0.3 is 9.80 Å². The van der Waals surface area contributed by atoms with Gasteiger partial charge in [0.05, 0.1) is 0 Å². The number of benzene rings is 2. The van der Waals surface area contributed by atoms with Crippen LogP contribution in [0.3, 0.4) is 0 Å². The molecule has 3 nitrogen and oxygen atoms in total. The first-order valence-electron chi connectivity index (χ1n) is 8.75. The molecule has 0 aromatic heterocycles. The van der Waals surface area contributed by atoms with Crippen molar-refractivity contribution in [3.8, 4) is 0 Å². The normalized spacial score (nSPS) is 15.4. The Balaban J connectivity index is 1.63. The van der Waals surface area contributed by atoms with E-state index in [9.17, 15) is 9.18 Å². The lowest BCUT2D eigenvalue weighted by atomic mass is 9.86. The van der Waals surface area contributed by atoms with Gasteiger partial charge in [-0.1, -0.05) is 39.0 Å². The zero-order valence-corrected chi connectivity index (χ0v) is 15.1. The van der Waals surface area contributed by atoms with Gasteiger partial charge in [0.15, 0.2) is 0 Å². The number of piperazine rings is 1. The number of nitrogens with zero attached hydrogens (tertiary/aromatic N) is 2. The van der Waals surface area contributed by atoms with E-state index in [1.807, 2.05) is 35.2 Å². The number of anilines is 1. The molecule has 0 spiro atoms. The van der Waals surface area contributed by atoms with Crippen molar-refractivity contribution in [3.63, 3.8) is 0 Å². The van der Waals surface area contributed by atoms with Crippen LogP contribution in [0.2, 0.25) is 0 Å². The average Bonchev–Trinajstić information content (AvgIpc) is 2.61. The summed E-state index contributed by atoms with van der Waals surface area (Å²) in [6.07, 6.45) is 0. The molecule has 0 saturated carbocycles. The van der Waals surface area contributed by atoms with Gasteiger partial charge >= 0.3 is 0 Å². The summed E-state index contributed by atoms with van der Waals surface area (Å²) in [6, 6.07) is 14.5. The lowest BCUT2D eigenvalue weighted by Crippen LogP contribution is -2.48. The highest BCUT2D eigenvalue weighted by Gasteiger charge is 2.23. The van der Waals surface area contributed by atoms with Crippen LogP contribution in [0.15, 0.2) is 48.5 Å². The van der Waals surface area contributed by atoms with Crippen LogP contribution in [0.5, 0.6) is 0 Å². The minimum atomic E-state index is -0.227. The van der Waals surface area contributed by atoms with Gasteiger partial charge in [0.1, 0.15) is 5.82 Å². The van der Waals surface area contributed by atoms with Gasteiger partial charge in [-0.3, -0.25) is 4.79 Å². The lowest BCUT2D eigenvalue weighted by molar-refractivity contribution is 0.0746. The molecule has 0 aliphatic carbocycles. The SMILES string of the molecule is CC(C)(C)c1ccc(C(=O)N2CCN(c3cccc(F)c3)CC2)cc1. The second-order valence-electron chi connectivity index (χ2n) is 7.59. The summed E-state index contributed by atoms with van der Waals surface area (Å²) in [5, 5.41) is 0. The monoisotopic (exact) mass is 340 g/mol. The summed E-state index contributed by atoms with van der Waals surface area (Å²) in [4.78, 5) is 16.7. The van der Waals surface area contributed by atoms with Crippen molar-refractivity contribution in [1.82, 2.24) is 4.90 Å². The van der Waals surface area contributed by atoms with E-state index in [0.717, 1.165) is 24.3 Å². The zero-order chi connectivity index (χ0) is 18.0. The molecule has 1 saturated heterocycles. The van der Waals surface area contributed by atoms with Crippen LogP contribution in [-0.4, -0.2) is 37.0 Å². The largest absolute Gasteiger partial charge is 0.368 e. The molecule has 0 bridgehead atoms. The van der Waals surface area contributed by atoms with Crippen molar-refractivity contribution >= 4 is 11.6 Å². The molecule has 0 N–H and O–H groups in total. The van der Waals surface area contributed by atoms with Gasteiger partial charge in [0.2, 0.25) is 0 Å². The molecule has 1 aliphatic heterocycles. The fraction of sp³-hybridized carbons (Fsp3) is 0.381. The highest BCUT2D eigenvalue weighted by molar-refractivity contribution is 5.94. The van der Waals surface area contributed by atoms with Crippen molar-refractivity contribution in [2.75, 3.05) is 31.1 Å². The van der Waals surface area contributed by atoms with Crippen LogP contribution in [-0.2, 0) is 5.41 Å². The van der Waals surface area contributed by atoms with E-state index < -0.39 is 0 Å². The molecule has 3 rings (SSSR count). The Morgan fingerprint density at radius 1 is 0.960 bits per heavy atom. The number of carbonyl (C=O) groups is 1. The van der Waals surface area contributed by atoms with E-state index in [1.165, 1.54) is 11.6 Å². The number of carbonyl (C=O) groups excluding carboxylic acids is 1. The Bertz CT molecular complexity index is 741. The van der Waals surface area contributed by atoms with Crippen molar-refractivity contribution in [1.29, 1.82) is 0 Å². The smallest absolute Gasteiger partial charge is 0.253 e. The van der Waals surface area contributed by atoms with Crippen molar-refractivity contribution in [3.05, 3.63) is 65.5 Å². The second kappa shape index (κ2) is 6.87. The molecule has 1 fully saturated rings. The van der Waals surface area contributed by atoms with E-state index in [2.05, 4.69) is 25.7 Å². The van der Waals surface area contributed by atoms with Gasteiger partial charge in [-0.15, -0.1) is 0 Å². The minimum absolute atomic E-state index is 0.0688. The molecule has 25 heavy (non-hydrogen) atoms. The first kappa shape index (κ1) is 17.5. The maximum atomic E-state index is 13.4. The molecule has 1 aliphatic rings. The van der Waals surface area contributed by atoms with E-state index >= 15 is 0 Å². The summed E-state index contributed by atoms with van der Waals surface area (Å²) in [7, 11) is 0. The lowest BCUT2D eigenvalue weighted by Gasteiger charge is -2.36.